The summed E-state index contributed by atoms with van der Waals surface area (Å²) in [6.45, 7) is 0.435. The smallest absolute Gasteiger partial charge is 0.248 e. The summed E-state index contributed by atoms with van der Waals surface area (Å²) < 4.78 is 25.2. The first-order chi connectivity index (χ1) is 15.8. The number of carbonyl (C=O) groups excluding carboxylic acids is 1. The molecule has 0 aliphatic heterocycles. The second-order valence-corrected chi connectivity index (χ2v) is 12.1. The van der Waals surface area contributed by atoms with Crippen LogP contribution in [-0.2, 0) is 21.2 Å². The maximum Gasteiger partial charge on any atom is 0.248 e. The van der Waals surface area contributed by atoms with Gasteiger partial charge >= 0.3 is 0 Å². The summed E-state index contributed by atoms with van der Waals surface area (Å²) in [5, 5.41) is 11.1. The van der Waals surface area contributed by atoms with Crippen molar-refractivity contribution in [2.24, 2.45) is 23.2 Å². The van der Waals surface area contributed by atoms with E-state index in [9.17, 15) is 13.2 Å². The van der Waals surface area contributed by atoms with E-state index in [0.29, 0.717) is 23.4 Å². The predicted octanol–water partition coefficient (Wildman–Crippen LogP) is 2.45. The molecule has 4 saturated carbocycles. The fourth-order valence-electron chi connectivity index (χ4n) is 6.62. The van der Waals surface area contributed by atoms with Gasteiger partial charge in [-0.05, 0) is 74.0 Å². The highest BCUT2D eigenvalue weighted by molar-refractivity contribution is 7.90. The fourth-order valence-corrected chi connectivity index (χ4v) is 7.12. The van der Waals surface area contributed by atoms with Crippen LogP contribution in [0.25, 0.3) is 16.9 Å². The van der Waals surface area contributed by atoms with E-state index < -0.39 is 9.84 Å². The standard InChI is InChI=1S/C23H26N6O3S/c1-33(31,32)22-25-13-19-20(26-22)29(28-27-19)18-4-2-3-14(8-18)12-24-21(30)23-9-15-5-16(10-23)7-17(6-15)11-23/h2-4,8,13,15-17H,5-7,9-12H2,1H3,(H,24,30). The van der Waals surface area contributed by atoms with Crippen LogP contribution in [-0.4, -0.2) is 45.5 Å². The molecule has 0 atom stereocenters. The molecule has 4 aliphatic rings. The van der Waals surface area contributed by atoms with Gasteiger partial charge in [0.25, 0.3) is 0 Å². The highest BCUT2D eigenvalue weighted by Crippen LogP contribution is 2.60. The van der Waals surface area contributed by atoms with E-state index in [2.05, 4.69) is 25.6 Å². The van der Waals surface area contributed by atoms with Crippen LogP contribution in [0.15, 0.2) is 35.6 Å². The van der Waals surface area contributed by atoms with Crippen LogP contribution in [0.4, 0.5) is 0 Å². The Kier molecular flexibility index (Phi) is 4.59. The highest BCUT2D eigenvalue weighted by atomic mass is 32.2. The normalized spacial score (nSPS) is 28.3. The van der Waals surface area contributed by atoms with Crippen molar-refractivity contribution < 1.29 is 13.2 Å². The molecule has 0 saturated heterocycles. The number of nitrogens with one attached hydrogen (secondary N) is 1. The van der Waals surface area contributed by atoms with Gasteiger partial charge in [0.2, 0.25) is 20.9 Å². The molecule has 7 rings (SSSR count). The lowest BCUT2D eigenvalue weighted by molar-refractivity contribution is -0.146. The third-order valence-corrected chi connectivity index (χ3v) is 8.49. The summed E-state index contributed by atoms with van der Waals surface area (Å²) in [5.74, 6) is 2.38. The molecule has 4 bridgehead atoms. The Hall–Kier alpha value is -2.88. The van der Waals surface area contributed by atoms with E-state index in [0.717, 1.165) is 48.8 Å². The Labute approximate surface area is 191 Å². The number of amides is 1. The Bertz CT molecular complexity index is 1330. The van der Waals surface area contributed by atoms with Crippen molar-refractivity contribution in [1.29, 1.82) is 0 Å². The molecule has 10 heteroatoms. The quantitative estimate of drug-likeness (QED) is 0.574. The third kappa shape index (κ3) is 3.60. The van der Waals surface area contributed by atoms with Crippen molar-refractivity contribution in [3.05, 3.63) is 36.0 Å². The molecule has 4 aliphatic carbocycles. The molecule has 1 N–H and O–H groups in total. The first-order valence-corrected chi connectivity index (χ1v) is 13.3. The average Bonchev–Trinajstić information content (AvgIpc) is 3.19. The van der Waals surface area contributed by atoms with Crippen molar-refractivity contribution in [2.75, 3.05) is 6.26 Å². The largest absolute Gasteiger partial charge is 0.352 e. The van der Waals surface area contributed by atoms with Gasteiger partial charge in [-0.15, -0.1) is 5.10 Å². The van der Waals surface area contributed by atoms with E-state index >= 15 is 0 Å². The SMILES string of the molecule is CS(=O)(=O)c1ncc2nnn(-c3cccc(CNC(=O)C45CC6CC(CC(C6)C4)C5)c3)c2n1. The summed E-state index contributed by atoms with van der Waals surface area (Å²) in [6, 6.07) is 7.60. The van der Waals surface area contributed by atoms with Gasteiger partial charge in [-0.1, -0.05) is 17.3 Å². The van der Waals surface area contributed by atoms with Crippen LogP contribution < -0.4 is 5.32 Å². The highest BCUT2D eigenvalue weighted by Gasteiger charge is 2.54. The van der Waals surface area contributed by atoms with E-state index in [1.54, 1.807) is 0 Å². The summed E-state index contributed by atoms with van der Waals surface area (Å²) in [6.07, 6.45) is 9.48. The maximum absolute atomic E-state index is 13.3. The topological polar surface area (TPSA) is 120 Å². The predicted molar refractivity (Wildman–Crippen MR) is 120 cm³/mol. The lowest BCUT2D eigenvalue weighted by atomic mass is 9.49. The number of nitrogens with zero attached hydrogens (tertiary/aromatic N) is 5. The number of rotatable bonds is 5. The minimum absolute atomic E-state index is 0.173. The molecule has 172 valence electrons. The van der Waals surface area contributed by atoms with E-state index in [1.807, 2.05) is 24.3 Å². The number of sulfone groups is 1. The molecule has 33 heavy (non-hydrogen) atoms. The first-order valence-electron chi connectivity index (χ1n) is 11.5. The molecule has 3 aromatic rings. The van der Waals surface area contributed by atoms with Crippen LogP contribution in [0.1, 0.15) is 44.1 Å². The monoisotopic (exact) mass is 466 g/mol. The zero-order valence-electron chi connectivity index (χ0n) is 18.4. The van der Waals surface area contributed by atoms with Crippen LogP contribution in [0, 0.1) is 23.2 Å². The second-order valence-electron chi connectivity index (χ2n) is 10.2. The average molecular weight is 467 g/mol. The van der Waals surface area contributed by atoms with E-state index in [-0.39, 0.29) is 16.5 Å². The third-order valence-electron chi connectivity index (χ3n) is 7.63. The number of fused-ring (bicyclic) bond motifs is 1. The zero-order chi connectivity index (χ0) is 22.8. The van der Waals surface area contributed by atoms with Crippen molar-refractivity contribution in [3.63, 3.8) is 0 Å². The molecule has 9 nitrogen and oxygen atoms in total. The number of carbonyl (C=O) groups is 1. The van der Waals surface area contributed by atoms with E-state index in [1.165, 1.54) is 30.1 Å². The Morgan fingerprint density at radius 1 is 1.15 bits per heavy atom. The van der Waals surface area contributed by atoms with Crippen LogP contribution in [0.5, 0.6) is 0 Å². The molecule has 0 unspecified atom stereocenters. The van der Waals surface area contributed by atoms with Crippen molar-refractivity contribution in [1.82, 2.24) is 30.3 Å². The van der Waals surface area contributed by atoms with Gasteiger partial charge in [-0.25, -0.2) is 13.4 Å². The van der Waals surface area contributed by atoms with Gasteiger partial charge in [0.1, 0.15) is 0 Å². The molecule has 1 amide bonds. The van der Waals surface area contributed by atoms with Gasteiger partial charge in [-0.2, -0.15) is 9.67 Å². The second kappa shape index (κ2) is 7.31. The molecule has 4 fully saturated rings. The summed E-state index contributed by atoms with van der Waals surface area (Å²) in [4.78, 5) is 21.3. The number of benzene rings is 1. The van der Waals surface area contributed by atoms with Crippen molar-refractivity contribution in [2.45, 2.75) is 50.2 Å². The number of hydrogen-bond acceptors (Lipinski definition) is 7. The Balaban J connectivity index is 1.23. The molecule has 1 aromatic carbocycles. The summed E-state index contributed by atoms with van der Waals surface area (Å²) >= 11 is 0. The molecule has 2 heterocycles. The van der Waals surface area contributed by atoms with Crippen molar-refractivity contribution in [3.8, 4) is 5.69 Å². The number of hydrogen-bond donors (Lipinski definition) is 1. The fraction of sp³-hybridized carbons (Fsp3) is 0.522. The molecule has 2 aromatic heterocycles. The van der Waals surface area contributed by atoms with Gasteiger partial charge in [0.05, 0.1) is 11.9 Å². The summed E-state index contributed by atoms with van der Waals surface area (Å²) in [5.41, 5.74) is 2.18. The first kappa shape index (κ1) is 20.7. The molecular weight excluding hydrogens is 440 g/mol. The van der Waals surface area contributed by atoms with Crippen molar-refractivity contribution >= 4 is 26.9 Å². The molecule has 0 radical (unpaired) electrons. The number of aromatic nitrogens is 5. The summed E-state index contributed by atoms with van der Waals surface area (Å²) in [7, 11) is -3.56. The molecular formula is C23H26N6O3S. The Morgan fingerprint density at radius 2 is 1.85 bits per heavy atom. The van der Waals surface area contributed by atoms with Gasteiger partial charge in [-0.3, -0.25) is 4.79 Å². The minimum Gasteiger partial charge on any atom is -0.352 e. The van der Waals surface area contributed by atoms with Gasteiger partial charge < -0.3 is 5.32 Å². The van der Waals surface area contributed by atoms with Crippen LogP contribution in [0.2, 0.25) is 0 Å². The van der Waals surface area contributed by atoms with Gasteiger partial charge in [0, 0.05) is 18.2 Å². The van der Waals surface area contributed by atoms with Crippen LogP contribution >= 0.6 is 0 Å². The maximum atomic E-state index is 13.3. The lowest BCUT2D eigenvalue weighted by Crippen LogP contribution is -2.53. The van der Waals surface area contributed by atoms with Crippen LogP contribution in [0.3, 0.4) is 0 Å². The minimum atomic E-state index is -3.56. The van der Waals surface area contributed by atoms with Gasteiger partial charge in [0.15, 0.2) is 11.2 Å². The zero-order valence-corrected chi connectivity index (χ0v) is 19.3. The Morgan fingerprint density at radius 3 is 2.52 bits per heavy atom. The van der Waals surface area contributed by atoms with E-state index in [4.69, 9.17) is 0 Å². The molecule has 0 spiro atoms. The lowest BCUT2D eigenvalue weighted by Gasteiger charge is -2.55.